The molecule has 4 rings (SSSR count). The van der Waals surface area contributed by atoms with Crippen molar-refractivity contribution in [1.29, 1.82) is 0 Å². The Bertz CT molecular complexity index is 1520. The Morgan fingerprint density at radius 3 is 2.37 bits per heavy atom. The van der Waals surface area contributed by atoms with Crippen LogP contribution in [-0.2, 0) is 25.0 Å². The lowest BCUT2D eigenvalue weighted by atomic mass is 9.83. The number of sulfonamides is 1. The molecule has 1 aliphatic rings. The molecule has 198 valence electrons. The Hall–Kier alpha value is -4.11. The van der Waals surface area contributed by atoms with Gasteiger partial charge >= 0.3 is 5.97 Å². The molecule has 0 saturated heterocycles. The van der Waals surface area contributed by atoms with Crippen LogP contribution in [0.5, 0.6) is 5.75 Å². The topological polar surface area (TPSA) is 102 Å². The Morgan fingerprint density at radius 2 is 1.71 bits per heavy atom. The van der Waals surface area contributed by atoms with Gasteiger partial charge in [0.1, 0.15) is 5.75 Å². The highest BCUT2D eigenvalue weighted by Gasteiger charge is 2.38. The summed E-state index contributed by atoms with van der Waals surface area (Å²) >= 11 is 0. The van der Waals surface area contributed by atoms with E-state index in [9.17, 15) is 18.0 Å². The Kier molecular flexibility index (Phi) is 7.33. The minimum absolute atomic E-state index is 0.0637. The van der Waals surface area contributed by atoms with Crippen LogP contribution in [0.25, 0.3) is 0 Å². The van der Waals surface area contributed by atoms with Gasteiger partial charge in [-0.2, -0.15) is 0 Å². The van der Waals surface area contributed by atoms with Crippen molar-refractivity contribution in [2.75, 3.05) is 30.4 Å². The van der Waals surface area contributed by atoms with Crippen LogP contribution in [0.15, 0.2) is 83.4 Å². The van der Waals surface area contributed by atoms with E-state index < -0.39 is 22.6 Å². The number of carbonyl (C=O) groups is 2. The van der Waals surface area contributed by atoms with E-state index >= 15 is 0 Å². The van der Waals surface area contributed by atoms with Crippen LogP contribution in [0.1, 0.15) is 35.3 Å². The van der Waals surface area contributed by atoms with Crippen LogP contribution >= 0.6 is 0 Å². The quantitative estimate of drug-likeness (QED) is 0.326. The van der Waals surface area contributed by atoms with Crippen molar-refractivity contribution < 1.29 is 27.5 Å². The number of ether oxygens (including phenoxy) is 2. The van der Waals surface area contributed by atoms with Crippen LogP contribution < -0.4 is 14.4 Å². The number of fused-ring (bicyclic) bond motifs is 1. The molecule has 0 unspecified atom stereocenters. The van der Waals surface area contributed by atoms with E-state index in [-0.39, 0.29) is 21.7 Å². The number of methoxy groups -OCH3 is 1. The Morgan fingerprint density at radius 1 is 1.03 bits per heavy atom. The van der Waals surface area contributed by atoms with Gasteiger partial charge in [-0.05, 0) is 60.5 Å². The summed E-state index contributed by atoms with van der Waals surface area (Å²) in [6, 6.07) is 18.5. The minimum atomic E-state index is -3.98. The van der Waals surface area contributed by atoms with E-state index in [4.69, 9.17) is 9.47 Å². The molecule has 0 aromatic heterocycles. The number of hydrogen-bond donors (Lipinski definition) is 1. The number of rotatable bonds is 8. The fourth-order valence-electron chi connectivity index (χ4n) is 4.53. The molecule has 0 spiro atoms. The number of hydrogen-bond acceptors (Lipinski definition) is 7. The third kappa shape index (κ3) is 5.28. The molecule has 0 radical (unpaired) electrons. The molecule has 0 bridgehead atoms. The average Bonchev–Trinajstić information content (AvgIpc) is 3.08. The predicted molar refractivity (Wildman–Crippen MR) is 146 cm³/mol. The van der Waals surface area contributed by atoms with E-state index in [1.165, 1.54) is 31.4 Å². The third-order valence-electron chi connectivity index (χ3n) is 6.67. The molecule has 1 aliphatic heterocycles. The first-order chi connectivity index (χ1) is 17.9. The highest BCUT2D eigenvalue weighted by Crippen LogP contribution is 2.46. The molecule has 3 aromatic carbocycles. The van der Waals surface area contributed by atoms with Crippen molar-refractivity contribution in [3.63, 3.8) is 0 Å². The number of benzene rings is 3. The minimum Gasteiger partial charge on any atom is -0.497 e. The molecule has 1 heterocycles. The van der Waals surface area contributed by atoms with Gasteiger partial charge < -0.3 is 14.4 Å². The van der Waals surface area contributed by atoms with Crippen molar-refractivity contribution in [2.24, 2.45) is 0 Å². The van der Waals surface area contributed by atoms with Crippen molar-refractivity contribution in [3.8, 4) is 5.75 Å². The largest absolute Gasteiger partial charge is 0.497 e. The van der Waals surface area contributed by atoms with Crippen LogP contribution in [0.3, 0.4) is 0 Å². The zero-order chi connectivity index (χ0) is 27.7. The standard InChI is InChI=1S/C29H30N2O6S/c1-19-10-15-23(38(34,35)30-20-11-13-22(36-5)14-12-20)17-24(19)28(33)37-18-21(32)16-27-29(2,3)25-8-6-7-9-26(25)31(27)4/h6-17,30H,18H2,1-5H3. The molecular weight excluding hydrogens is 504 g/mol. The zero-order valence-corrected chi connectivity index (χ0v) is 22.8. The van der Waals surface area contributed by atoms with Crippen molar-refractivity contribution in [1.82, 2.24) is 0 Å². The number of carbonyl (C=O) groups excluding carboxylic acids is 2. The van der Waals surface area contributed by atoms with Gasteiger partial charge in [0.05, 0.1) is 17.6 Å². The smallest absolute Gasteiger partial charge is 0.338 e. The molecule has 38 heavy (non-hydrogen) atoms. The van der Waals surface area contributed by atoms with E-state index in [1.807, 2.05) is 50.1 Å². The van der Waals surface area contributed by atoms with Gasteiger partial charge in [-0.3, -0.25) is 9.52 Å². The Labute approximate surface area is 222 Å². The van der Waals surface area contributed by atoms with Crippen LogP contribution in [-0.4, -0.2) is 40.9 Å². The average molecular weight is 535 g/mol. The highest BCUT2D eigenvalue weighted by atomic mass is 32.2. The van der Waals surface area contributed by atoms with E-state index in [2.05, 4.69) is 4.72 Å². The lowest BCUT2D eigenvalue weighted by Gasteiger charge is -2.23. The fourth-order valence-corrected chi connectivity index (χ4v) is 5.61. The Balaban J connectivity index is 1.47. The summed E-state index contributed by atoms with van der Waals surface area (Å²) < 4.78 is 38.7. The third-order valence-corrected chi connectivity index (χ3v) is 8.04. The number of para-hydroxylation sites is 1. The van der Waals surface area contributed by atoms with Gasteiger partial charge in [-0.15, -0.1) is 0 Å². The molecule has 0 amide bonds. The molecule has 8 nitrogen and oxygen atoms in total. The van der Waals surface area contributed by atoms with Crippen LogP contribution in [0.4, 0.5) is 11.4 Å². The summed E-state index contributed by atoms with van der Waals surface area (Å²) in [5, 5.41) is 0. The maximum atomic E-state index is 12.9. The lowest BCUT2D eigenvalue weighted by molar-refractivity contribution is -0.117. The molecule has 3 aromatic rings. The van der Waals surface area contributed by atoms with Gasteiger partial charge in [0.2, 0.25) is 0 Å². The second-order valence-corrected chi connectivity index (χ2v) is 11.3. The number of anilines is 2. The number of nitrogens with zero attached hydrogens (tertiary/aromatic N) is 1. The molecule has 1 N–H and O–H groups in total. The van der Waals surface area contributed by atoms with Crippen molar-refractivity contribution in [3.05, 3.63) is 95.2 Å². The first-order valence-corrected chi connectivity index (χ1v) is 13.5. The summed E-state index contributed by atoms with van der Waals surface area (Å²) in [5.41, 5.74) is 3.47. The van der Waals surface area contributed by atoms with Gasteiger partial charge in [-0.1, -0.05) is 38.1 Å². The summed E-state index contributed by atoms with van der Waals surface area (Å²) in [7, 11) is -0.564. The lowest BCUT2D eigenvalue weighted by Crippen LogP contribution is -2.25. The monoisotopic (exact) mass is 534 g/mol. The number of ketones is 1. The number of esters is 1. The van der Waals surface area contributed by atoms with Crippen LogP contribution in [0.2, 0.25) is 0 Å². The van der Waals surface area contributed by atoms with Gasteiger partial charge in [0.15, 0.2) is 12.4 Å². The first kappa shape index (κ1) is 26.9. The first-order valence-electron chi connectivity index (χ1n) is 12.0. The summed E-state index contributed by atoms with van der Waals surface area (Å²) in [4.78, 5) is 27.5. The molecule has 0 saturated carbocycles. The molecule has 0 aliphatic carbocycles. The summed E-state index contributed by atoms with van der Waals surface area (Å²) in [6.07, 6.45) is 1.50. The van der Waals surface area contributed by atoms with Crippen LogP contribution in [0, 0.1) is 6.92 Å². The molecule has 9 heteroatoms. The van der Waals surface area contributed by atoms with Crippen molar-refractivity contribution >= 4 is 33.2 Å². The molecule has 0 atom stereocenters. The number of aryl methyl sites for hydroxylation is 1. The summed E-state index contributed by atoms with van der Waals surface area (Å²) in [5.74, 6) is -0.562. The maximum absolute atomic E-state index is 12.9. The van der Waals surface area contributed by atoms with Crippen molar-refractivity contribution in [2.45, 2.75) is 31.1 Å². The maximum Gasteiger partial charge on any atom is 0.338 e. The van der Waals surface area contributed by atoms with E-state index in [0.29, 0.717) is 17.0 Å². The summed E-state index contributed by atoms with van der Waals surface area (Å²) in [6.45, 7) is 5.27. The molecular formula is C29H30N2O6S. The number of likely N-dealkylation sites (N-methyl/N-ethyl adjacent to an activating group) is 1. The number of allylic oxidation sites excluding steroid dienone is 1. The van der Waals surface area contributed by atoms with Gasteiger partial charge in [-0.25, -0.2) is 13.2 Å². The second-order valence-electron chi connectivity index (χ2n) is 9.58. The van der Waals surface area contributed by atoms with Gasteiger partial charge in [0, 0.05) is 35.6 Å². The van der Waals surface area contributed by atoms with Gasteiger partial charge in [0.25, 0.3) is 10.0 Å². The van der Waals surface area contributed by atoms with E-state index in [0.717, 1.165) is 16.9 Å². The normalized spacial score (nSPS) is 15.2. The predicted octanol–water partition coefficient (Wildman–Crippen LogP) is 4.84. The SMILES string of the molecule is COc1ccc(NS(=O)(=O)c2ccc(C)c(C(=O)OCC(=O)C=C3N(C)c4ccccc4C3(C)C)c2)cc1. The van der Waals surface area contributed by atoms with E-state index in [1.54, 1.807) is 31.2 Å². The highest BCUT2D eigenvalue weighted by molar-refractivity contribution is 7.92. The second kappa shape index (κ2) is 10.3. The molecule has 0 fully saturated rings. The fraction of sp³-hybridized carbons (Fsp3) is 0.241. The zero-order valence-electron chi connectivity index (χ0n) is 21.9. The number of nitrogens with one attached hydrogen (secondary N) is 1.